The largest absolute Gasteiger partial charge is 0.228 e. The first-order valence-electron chi connectivity index (χ1n) is 5.94. The van der Waals surface area contributed by atoms with Gasteiger partial charge in [0.15, 0.2) is 5.82 Å². The van der Waals surface area contributed by atoms with Gasteiger partial charge in [0.2, 0.25) is 0 Å². The molecule has 3 rings (SSSR count). The van der Waals surface area contributed by atoms with Gasteiger partial charge in [-0.25, -0.2) is 18.7 Å². The van der Waals surface area contributed by atoms with Gasteiger partial charge >= 0.3 is 0 Å². The van der Waals surface area contributed by atoms with Gasteiger partial charge in [0.25, 0.3) is 0 Å². The lowest BCUT2D eigenvalue weighted by molar-refractivity contribution is 0.621. The van der Waals surface area contributed by atoms with E-state index in [2.05, 4.69) is 9.97 Å². The van der Waals surface area contributed by atoms with Crippen LogP contribution >= 0.6 is 11.6 Å². The lowest BCUT2D eigenvalue weighted by Crippen LogP contribution is -1.96. The van der Waals surface area contributed by atoms with Crippen LogP contribution in [0.15, 0.2) is 36.4 Å². The third-order valence-corrected chi connectivity index (χ3v) is 3.33. The van der Waals surface area contributed by atoms with Crippen LogP contribution in [0, 0.1) is 18.6 Å². The first-order chi connectivity index (χ1) is 9.56. The number of hydrogen-bond acceptors (Lipinski definition) is 2. The number of halogens is 3. The lowest BCUT2D eigenvalue weighted by Gasteiger charge is -2.07. The number of benzene rings is 2. The Morgan fingerprint density at radius 3 is 2.65 bits per heavy atom. The molecule has 20 heavy (non-hydrogen) atoms. The van der Waals surface area contributed by atoms with Gasteiger partial charge in [-0.2, -0.15) is 0 Å². The second kappa shape index (κ2) is 4.80. The van der Waals surface area contributed by atoms with Crippen molar-refractivity contribution in [2.24, 2.45) is 0 Å². The molecular weight excluding hydrogens is 282 g/mol. The summed E-state index contributed by atoms with van der Waals surface area (Å²) in [5.74, 6) is -0.684. The van der Waals surface area contributed by atoms with Gasteiger partial charge in [-0.15, -0.1) is 0 Å². The summed E-state index contributed by atoms with van der Waals surface area (Å²) in [5, 5.41) is 0.704. The van der Waals surface area contributed by atoms with Crippen LogP contribution in [0.3, 0.4) is 0 Å². The van der Waals surface area contributed by atoms with Crippen molar-refractivity contribution in [1.82, 2.24) is 9.97 Å². The second-order valence-electron chi connectivity index (χ2n) is 4.44. The van der Waals surface area contributed by atoms with Crippen LogP contribution in [0.5, 0.6) is 0 Å². The van der Waals surface area contributed by atoms with Crippen LogP contribution in [0.25, 0.3) is 22.3 Å². The quantitative estimate of drug-likeness (QED) is 0.615. The minimum absolute atomic E-state index is 0.148. The van der Waals surface area contributed by atoms with Gasteiger partial charge in [0.1, 0.15) is 16.8 Å². The van der Waals surface area contributed by atoms with Crippen molar-refractivity contribution >= 4 is 22.5 Å². The summed E-state index contributed by atoms with van der Waals surface area (Å²) in [5.41, 5.74) is 1.08. The number of rotatable bonds is 1. The number of aryl methyl sites for hydroxylation is 1. The van der Waals surface area contributed by atoms with Crippen molar-refractivity contribution in [3.05, 3.63) is 58.7 Å². The maximum Gasteiger partial charge on any atom is 0.164 e. The van der Waals surface area contributed by atoms with Crippen LogP contribution in [0.2, 0.25) is 5.15 Å². The van der Waals surface area contributed by atoms with Crippen molar-refractivity contribution in [1.29, 1.82) is 0 Å². The monoisotopic (exact) mass is 290 g/mol. The van der Waals surface area contributed by atoms with Crippen LogP contribution in [-0.2, 0) is 0 Å². The van der Waals surface area contributed by atoms with E-state index in [0.717, 1.165) is 0 Å². The highest BCUT2D eigenvalue weighted by Crippen LogP contribution is 2.27. The van der Waals surface area contributed by atoms with Crippen LogP contribution in [-0.4, -0.2) is 9.97 Å². The SMILES string of the molecule is Cc1cccc(-c2nc(Cl)c3ccc(F)cc3n2)c1F. The molecule has 0 bridgehead atoms. The Labute approximate surface area is 119 Å². The van der Waals surface area contributed by atoms with Crippen LogP contribution in [0.1, 0.15) is 5.56 Å². The molecule has 0 atom stereocenters. The topological polar surface area (TPSA) is 25.8 Å². The predicted octanol–water partition coefficient (Wildman–Crippen LogP) is 4.54. The Morgan fingerprint density at radius 1 is 1.05 bits per heavy atom. The summed E-state index contributed by atoms with van der Waals surface area (Å²) < 4.78 is 27.4. The molecule has 0 aliphatic heterocycles. The Balaban J connectivity index is 2.29. The molecule has 0 saturated carbocycles. The minimum atomic E-state index is -0.428. The Morgan fingerprint density at radius 2 is 1.85 bits per heavy atom. The molecular formula is C15H9ClF2N2. The number of fused-ring (bicyclic) bond motifs is 1. The van der Waals surface area contributed by atoms with Crippen molar-refractivity contribution in [3.63, 3.8) is 0 Å². The van der Waals surface area contributed by atoms with E-state index < -0.39 is 11.6 Å². The highest BCUT2D eigenvalue weighted by molar-refractivity contribution is 6.34. The summed E-state index contributed by atoms with van der Waals surface area (Å²) in [4.78, 5) is 8.29. The molecule has 0 N–H and O–H groups in total. The van der Waals surface area contributed by atoms with E-state index in [9.17, 15) is 8.78 Å². The predicted molar refractivity (Wildman–Crippen MR) is 74.6 cm³/mol. The molecule has 0 aliphatic rings. The van der Waals surface area contributed by atoms with Gasteiger partial charge < -0.3 is 0 Å². The zero-order valence-electron chi connectivity index (χ0n) is 10.5. The van der Waals surface area contributed by atoms with Crippen LogP contribution in [0.4, 0.5) is 8.78 Å². The van der Waals surface area contributed by atoms with E-state index in [0.29, 0.717) is 16.5 Å². The molecule has 5 heteroatoms. The maximum absolute atomic E-state index is 14.1. The number of aromatic nitrogens is 2. The molecule has 0 aliphatic carbocycles. The second-order valence-corrected chi connectivity index (χ2v) is 4.79. The van der Waals surface area contributed by atoms with E-state index >= 15 is 0 Å². The van der Waals surface area contributed by atoms with E-state index in [1.54, 1.807) is 25.1 Å². The van der Waals surface area contributed by atoms with Crippen LogP contribution < -0.4 is 0 Å². The summed E-state index contributed by atoms with van der Waals surface area (Å²) in [7, 11) is 0. The Bertz CT molecular complexity index is 818. The summed E-state index contributed by atoms with van der Waals surface area (Å²) in [6.07, 6.45) is 0. The number of hydrogen-bond donors (Lipinski definition) is 0. The third kappa shape index (κ3) is 2.12. The van der Waals surface area contributed by atoms with Gasteiger partial charge in [0, 0.05) is 11.5 Å². The Hall–Kier alpha value is -2.07. The highest BCUT2D eigenvalue weighted by Gasteiger charge is 2.13. The van der Waals surface area contributed by atoms with Gasteiger partial charge in [-0.1, -0.05) is 23.7 Å². The summed E-state index contributed by atoms with van der Waals surface area (Å²) in [6, 6.07) is 8.97. The molecule has 100 valence electrons. The standard InChI is InChI=1S/C15H9ClF2N2/c1-8-3-2-4-11(13(8)18)15-19-12-7-9(17)5-6-10(12)14(16)20-15/h2-7H,1H3. The van der Waals surface area contributed by atoms with E-state index in [4.69, 9.17) is 11.6 Å². The molecule has 0 saturated heterocycles. The van der Waals surface area contributed by atoms with Crippen molar-refractivity contribution in [2.75, 3.05) is 0 Å². The smallest absolute Gasteiger partial charge is 0.164 e. The van der Waals surface area contributed by atoms with Crippen molar-refractivity contribution in [3.8, 4) is 11.4 Å². The maximum atomic E-state index is 14.1. The third-order valence-electron chi connectivity index (χ3n) is 3.05. The zero-order valence-corrected chi connectivity index (χ0v) is 11.2. The summed E-state index contributed by atoms with van der Waals surface area (Å²) in [6.45, 7) is 1.65. The fourth-order valence-corrected chi connectivity index (χ4v) is 2.24. The molecule has 0 unspecified atom stereocenters. The molecule has 0 spiro atoms. The average molecular weight is 291 g/mol. The molecule has 3 aromatic rings. The fraction of sp³-hybridized carbons (Fsp3) is 0.0667. The van der Waals surface area contributed by atoms with Crippen molar-refractivity contribution < 1.29 is 8.78 Å². The first-order valence-corrected chi connectivity index (χ1v) is 6.32. The van der Waals surface area contributed by atoms with Gasteiger partial charge in [-0.05, 0) is 30.7 Å². The minimum Gasteiger partial charge on any atom is -0.228 e. The summed E-state index contributed by atoms with van der Waals surface area (Å²) >= 11 is 6.06. The molecule has 2 nitrogen and oxygen atoms in total. The highest BCUT2D eigenvalue weighted by atomic mass is 35.5. The zero-order chi connectivity index (χ0) is 14.3. The van der Waals surface area contributed by atoms with Gasteiger partial charge in [-0.3, -0.25) is 0 Å². The van der Waals surface area contributed by atoms with E-state index in [1.807, 2.05) is 0 Å². The molecule has 1 aromatic heterocycles. The van der Waals surface area contributed by atoms with Crippen molar-refractivity contribution in [2.45, 2.75) is 6.92 Å². The molecule has 2 aromatic carbocycles. The molecule has 1 heterocycles. The van der Waals surface area contributed by atoms with Gasteiger partial charge in [0.05, 0.1) is 11.1 Å². The average Bonchev–Trinajstić information content (AvgIpc) is 2.41. The Kier molecular flexibility index (Phi) is 3.10. The normalized spacial score (nSPS) is 11.0. The number of nitrogens with zero attached hydrogens (tertiary/aromatic N) is 2. The first kappa shape index (κ1) is 12.9. The van der Waals surface area contributed by atoms with E-state index in [1.165, 1.54) is 18.2 Å². The molecule has 0 radical (unpaired) electrons. The fourth-order valence-electron chi connectivity index (χ4n) is 2.00. The molecule has 0 fully saturated rings. The molecule has 0 amide bonds. The lowest BCUT2D eigenvalue weighted by atomic mass is 10.1. The van der Waals surface area contributed by atoms with E-state index in [-0.39, 0.29) is 16.5 Å².